The first kappa shape index (κ1) is 20.0. The molecule has 3 heterocycles. The van der Waals surface area contributed by atoms with Crippen LogP contribution in [0.5, 0.6) is 0 Å². The molecule has 0 unspecified atom stereocenters. The summed E-state index contributed by atoms with van der Waals surface area (Å²) in [6.07, 6.45) is 4.38. The van der Waals surface area contributed by atoms with E-state index < -0.39 is 0 Å². The highest BCUT2D eigenvalue weighted by atomic mass is 32.2. The maximum atomic E-state index is 12.9. The van der Waals surface area contributed by atoms with Crippen molar-refractivity contribution in [1.29, 1.82) is 0 Å². The lowest BCUT2D eigenvalue weighted by Crippen LogP contribution is -2.44. The summed E-state index contributed by atoms with van der Waals surface area (Å²) in [5, 5.41) is 0.638. The lowest BCUT2D eigenvalue weighted by Gasteiger charge is -2.35. The zero-order chi connectivity index (χ0) is 19.6. The maximum Gasteiger partial charge on any atom is 0.278 e. The Balaban J connectivity index is 1.84. The predicted molar refractivity (Wildman–Crippen MR) is 110 cm³/mol. The normalized spacial score (nSPS) is 17.8. The van der Waals surface area contributed by atoms with Crippen LogP contribution in [0.3, 0.4) is 0 Å². The number of piperidine rings is 1. The van der Waals surface area contributed by atoms with Gasteiger partial charge in [0.2, 0.25) is 5.91 Å². The molecule has 0 bridgehead atoms. The van der Waals surface area contributed by atoms with Gasteiger partial charge in [0.05, 0.1) is 11.3 Å². The minimum atomic E-state index is -0.0545. The van der Waals surface area contributed by atoms with Crippen LogP contribution in [0.2, 0.25) is 0 Å². The summed E-state index contributed by atoms with van der Waals surface area (Å²) in [6, 6.07) is 2.24. The summed E-state index contributed by atoms with van der Waals surface area (Å²) >= 11 is 1.39. The van der Waals surface area contributed by atoms with Gasteiger partial charge < -0.3 is 9.88 Å². The summed E-state index contributed by atoms with van der Waals surface area (Å²) < 4.78 is 1.72. The van der Waals surface area contributed by atoms with E-state index in [-0.39, 0.29) is 11.5 Å². The van der Waals surface area contributed by atoms with Gasteiger partial charge in [-0.3, -0.25) is 14.2 Å². The van der Waals surface area contributed by atoms with Crippen LogP contribution in [0.4, 0.5) is 0 Å². The van der Waals surface area contributed by atoms with E-state index in [1.54, 1.807) is 4.57 Å². The van der Waals surface area contributed by atoms with Crippen molar-refractivity contribution in [2.75, 3.05) is 12.3 Å². The zero-order valence-corrected chi connectivity index (χ0v) is 17.6. The molecule has 1 N–H and O–H groups in total. The molecule has 3 rings (SSSR count). The number of carbonyl (C=O) groups is 1. The van der Waals surface area contributed by atoms with Crippen LogP contribution < -0.4 is 5.56 Å². The molecule has 0 aromatic carbocycles. The highest BCUT2D eigenvalue weighted by molar-refractivity contribution is 7.99. The molecule has 148 valence electrons. The molecule has 1 amide bonds. The van der Waals surface area contributed by atoms with E-state index in [4.69, 9.17) is 4.98 Å². The third kappa shape index (κ3) is 4.39. The van der Waals surface area contributed by atoms with Gasteiger partial charge in [-0.25, -0.2) is 4.98 Å². The molecule has 2 aromatic rings. The van der Waals surface area contributed by atoms with Gasteiger partial charge in [-0.15, -0.1) is 0 Å². The fourth-order valence-corrected chi connectivity index (χ4v) is 4.70. The SMILES string of the molecule is CC[C@H]1CCCCN1C(=O)CSc1nc2cc(C)[nH]c2c(=O)n1CC(C)C. The molecule has 27 heavy (non-hydrogen) atoms. The highest BCUT2D eigenvalue weighted by Crippen LogP contribution is 2.23. The van der Waals surface area contributed by atoms with Crippen molar-refractivity contribution in [3.63, 3.8) is 0 Å². The molecule has 6 nitrogen and oxygen atoms in total. The Hall–Kier alpha value is -1.76. The molecule has 1 aliphatic rings. The average Bonchev–Trinajstić information content (AvgIpc) is 3.02. The van der Waals surface area contributed by atoms with E-state index in [2.05, 4.69) is 25.8 Å². The van der Waals surface area contributed by atoms with Crippen molar-refractivity contribution in [3.05, 3.63) is 22.1 Å². The van der Waals surface area contributed by atoms with E-state index in [1.165, 1.54) is 18.2 Å². The fraction of sp³-hybridized carbons (Fsp3) is 0.650. The van der Waals surface area contributed by atoms with Gasteiger partial charge in [0, 0.05) is 24.8 Å². The minimum absolute atomic E-state index is 0.0545. The first-order valence-corrected chi connectivity index (χ1v) is 10.9. The standard InChI is InChI=1S/C20H30N4O2S/c1-5-15-8-6-7-9-23(15)17(25)12-27-20-22-16-10-14(4)21-18(16)19(26)24(20)11-13(2)3/h10,13,15,21H,5-9,11-12H2,1-4H3/t15-/m0/s1. The second-order valence-electron chi connectivity index (χ2n) is 7.85. The van der Waals surface area contributed by atoms with Crippen molar-refractivity contribution in [2.24, 2.45) is 5.92 Å². The van der Waals surface area contributed by atoms with Crippen LogP contribution in [0.25, 0.3) is 11.0 Å². The number of nitrogens with one attached hydrogen (secondary N) is 1. The Bertz CT molecular complexity index is 871. The van der Waals surface area contributed by atoms with E-state index in [0.29, 0.717) is 40.4 Å². The van der Waals surface area contributed by atoms with E-state index in [0.717, 1.165) is 31.5 Å². The molecule has 1 aliphatic heterocycles. The van der Waals surface area contributed by atoms with Gasteiger partial charge in [0.1, 0.15) is 5.52 Å². The minimum Gasteiger partial charge on any atom is -0.353 e. The van der Waals surface area contributed by atoms with Crippen molar-refractivity contribution < 1.29 is 4.79 Å². The maximum absolute atomic E-state index is 12.9. The smallest absolute Gasteiger partial charge is 0.278 e. The van der Waals surface area contributed by atoms with Gasteiger partial charge in [0.15, 0.2) is 5.16 Å². The zero-order valence-electron chi connectivity index (χ0n) is 16.7. The number of nitrogens with zero attached hydrogens (tertiary/aromatic N) is 3. The number of likely N-dealkylation sites (tertiary alicyclic amines) is 1. The number of aromatic nitrogens is 3. The van der Waals surface area contributed by atoms with Crippen molar-refractivity contribution >= 4 is 28.7 Å². The lowest BCUT2D eigenvalue weighted by molar-refractivity contribution is -0.132. The van der Waals surface area contributed by atoms with Crippen LogP contribution in [-0.4, -0.2) is 43.7 Å². The summed E-state index contributed by atoms with van der Waals surface area (Å²) in [5.74, 6) is 0.803. The predicted octanol–water partition coefficient (Wildman–Crippen LogP) is 3.57. The molecule has 0 saturated carbocycles. The first-order valence-electron chi connectivity index (χ1n) is 9.93. The number of fused-ring (bicyclic) bond motifs is 1. The summed E-state index contributed by atoms with van der Waals surface area (Å²) in [6.45, 7) is 9.67. The fourth-order valence-electron chi connectivity index (χ4n) is 3.81. The van der Waals surface area contributed by atoms with Crippen LogP contribution >= 0.6 is 11.8 Å². The van der Waals surface area contributed by atoms with E-state index in [9.17, 15) is 9.59 Å². The second kappa shape index (κ2) is 8.50. The van der Waals surface area contributed by atoms with Gasteiger partial charge in [0.25, 0.3) is 5.56 Å². The third-order valence-corrected chi connectivity index (χ3v) is 6.09. The van der Waals surface area contributed by atoms with E-state index in [1.807, 2.05) is 17.9 Å². The number of aryl methyl sites for hydroxylation is 1. The number of hydrogen-bond donors (Lipinski definition) is 1. The Morgan fingerprint density at radius 3 is 2.89 bits per heavy atom. The Labute approximate surface area is 164 Å². The number of hydrogen-bond acceptors (Lipinski definition) is 4. The molecule has 0 radical (unpaired) electrons. The molecular formula is C20H30N4O2S. The molecule has 7 heteroatoms. The first-order chi connectivity index (χ1) is 12.9. The second-order valence-corrected chi connectivity index (χ2v) is 8.79. The van der Waals surface area contributed by atoms with Crippen molar-refractivity contribution in [3.8, 4) is 0 Å². The van der Waals surface area contributed by atoms with Crippen LogP contribution in [0, 0.1) is 12.8 Å². The number of H-pyrrole nitrogens is 1. The van der Waals surface area contributed by atoms with Gasteiger partial charge >= 0.3 is 0 Å². The number of rotatable bonds is 6. The van der Waals surface area contributed by atoms with Crippen LogP contribution in [-0.2, 0) is 11.3 Å². The number of thioether (sulfide) groups is 1. The van der Waals surface area contributed by atoms with Gasteiger partial charge in [-0.2, -0.15) is 0 Å². The Kier molecular flexibility index (Phi) is 6.29. The van der Waals surface area contributed by atoms with Crippen LogP contribution in [0.1, 0.15) is 52.1 Å². The van der Waals surface area contributed by atoms with Gasteiger partial charge in [-0.1, -0.05) is 32.5 Å². The molecule has 1 saturated heterocycles. The molecule has 2 aromatic heterocycles. The Morgan fingerprint density at radius 1 is 1.41 bits per heavy atom. The quantitative estimate of drug-likeness (QED) is 0.605. The third-order valence-electron chi connectivity index (χ3n) is 5.13. The highest BCUT2D eigenvalue weighted by Gasteiger charge is 2.25. The Morgan fingerprint density at radius 2 is 2.19 bits per heavy atom. The lowest BCUT2D eigenvalue weighted by atomic mass is 10.0. The molecular weight excluding hydrogens is 360 g/mol. The molecule has 0 spiro atoms. The summed E-state index contributed by atoms with van der Waals surface area (Å²) in [4.78, 5) is 35.6. The van der Waals surface area contributed by atoms with E-state index >= 15 is 0 Å². The summed E-state index contributed by atoms with van der Waals surface area (Å²) in [5.41, 5.74) is 2.09. The largest absolute Gasteiger partial charge is 0.353 e. The van der Waals surface area contributed by atoms with Crippen molar-refractivity contribution in [1.82, 2.24) is 19.4 Å². The average molecular weight is 391 g/mol. The monoisotopic (exact) mass is 390 g/mol. The molecule has 1 atom stereocenters. The summed E-state index contributed by atoms with van der Waals surface area (Å²) in [7, 11) is 0. The topological polar surface area (TPSA) is 71.0 Å². The van der Waals surface area contributed by atoms with Crippen LogP contribution in [0.15, 0.2) is 16.0 Å². The number of carbonyl (C=O) groups excluding carboxylic acids is 1. The molecule has 1 fully saturated rings. The molecule has 0 aliphatic carbocycles. The van der Waals surface area contributed by atoms with Crippen molar-refractivity contribution in [2.45, 2.75) is 71.1 Å². The number of amides is 1. The van der Waals surface area contributed by atoms with Gasteiger partial charge in [-0.05, 0) is 44.6 Å². The number of aromatic amines is 1.